The second-order valence-corrected chi connectivity index (χ2v) is 8.90. The first-order valence-corrected chi connectivity index (χ1v) is 10.2. The molecule has 0 aromatic rings. The topological polar surface area (TPSA) is 71.5 Å². The normalized spacial score (nSPS) is 24.2. The van der Waals surface area contributed by atoms with Gasteiger partial charge >= 0.3 is 0 Å². The van der Waals surface area contributed by atoms with Crippen molar-refractivity contribution in [2.75, 3.05) is 6.54 Å². The smallest absolute Gasteiger partial charge is 0.248 e. The van der Waals surface area contributed by atoms with Crippen molar-refractivity contribution >= 4 is 21.7 Å². The molecule has 0 radical (unpaired) electrons. The Hall–Kier alpha value is -0.910. The first-order valence-electron chi connectivity index (χ1n) is 8.55. The van der Waals surface area contributed by atoms with E-state index in [1.54, 1.807) is 0 Å². The number of unbranched alkanes of at least 4 members (excludes halogenated alkanes) is 3. The summed E-state index contributed by atoms with van der Waals surface area (Å²) in [5, 5.41) is -1.54. The maximum absolute atomic E-state index is 12.7. The first kappa shape index (κ1) is 17.4. The molecule has 1 aliphatic heterocycles. The molecular weight excluding hydrogens is 302 g/mol. The second-order valence-electron chi connectivity index (χ2n) is 6.49. The van der Waals surface area contributed by atoms with Crippen molar-refractivity contribution in [3.63, 3.8) is 0 Å². The molecule has 2 rings (SSSR count). The number of likely N-dealkylation sites (tertiary alicyclic amines) is 1. The second kappa shape index (κ2) is 7.57. The Morgan fingerprint density at radius 2 is 1.73 bits per heavy atom. The van der Waals surface area contributed by atoms with E-state index in [0.29, 0.717) is 19.4 Å². The monoisotopic (exact) mass is 329 g/mol. The average Bonchev–Trinajstić information content (AvgIpc) is 2.80. The van der Waals surface area contributed by atoms with Crippen molar-refractivity contribution in [1.82, 2.24) is 4.90 Å². The molecule has 0 aromatic heterocycles. The molecule has 2 fully saturated rings. The number of hydrogen-bond acceptors (Lipinski definition) is 4. The molecule has 1 saturated heterocycles. The number of carbonyl (C=O) groups is 2. The highest BCUT2D eigenvalue weighted by molar-refractivity contribution is 7.93. The zero-order chi connectivity index (χ0) is 16.2. The molecule has 0 aromatic carbocycles. The van der Waals surface area contributed by atoms with Gasteiger partial charge in [-0.1, -0.05) is 45.4 Å². The summed E-state index contributed by atoms with van der Waals surface area (Å²) in [5.74, 6) is -0.794. The number of hydrogen-bond donors (Lipinski definition) is 0. The van der Waals surface area contributed by atoms with Crippen molar-refractivity contribution in [1.29, 1.82) is 0 Å². The quantitative estimate of drug-likeness (QED) is 0.531. The number of sulfone groups is 1. The third kappa shape index (κ3) is 3.70. The first-order chi connectivity index (χ1) is 10.5. The summed E-state index contributed by atoms with van der Waals surface area (Å²) in [6.07, 6.45) is 7.88. The van der Waals surface area contributed by atoms with Crippen molar-refractivity contribution in [3.05, 3.63) is 0 Å². The van der Waals surface area contributed by atoms with Crippen LogP contribution in [0, 0.1) is 0 Å². The van der Waals surface area contributed by atoms with E-state index < -0.39 is 26.2 Å². The van der Waals surface area contributed by atoms with Gasteiger partial charge in [-0.15, -0.1) is 0 Å². The van der Waals surface area contributed by atoms with Crippen LogP contribution in [0.2, 0.25) is 0 Å². The molecule has 1 unspecified atom stereocenters. The van der Waals surface area contributed by atoms with Crippen LogP contribution in [0.5, 0.6) is 0 Å². The van der Waals surface area contributed by atoms with E-state index in [1.807, 2.05) is 0 Å². The molecule has 22 heavy (non-hydrogen) atoms. The molecular formula is C16H27NO4S. The Morgan fingerprint density at radius 3 is 2.36 bits per heavy atom. The molecule has 2 amide bonds. The van der Waals surface area contributed by atoms with E-state index in [9.17, 15) is 18.0 Å². The van der Waals surface area contributed by atoms with Gasteiger partial charge < -0.3 is 0 Å². The fourth-order valence-electron chi connectivity index (χ4n) is 3.47. The highest BCUT2D eigenvalue weighted by Crippen LogP contribution is 2.31. The van der Waals surface area contributed by atoms with Crippen molar-refractivity contribution in [2.24, 2.45) is 0 Å². The molecule has 1 atom stereocenters. The summed E-state index contributed by atoms with van der Waals surface area (Å²) in [6.45, 7) is 2.47. The number of imide groups is 1. The van der Waals surface area contributed by atoms with Crippen LogP contribution in [-0.4, -0.2) is 42.2 Å². The minimum absolute atomic E-state index is 0.147. The lowest BCUT2D eigenvalue weighted by Gasteiger charge is -2.24. The van der Waals surface area contributed by atoms with E-state index in [0.717, 1.165) is 44.9 Å². The van der Waals surface area contributed by atoms with Gasteiger partial charge in [0.1, 0.15) is 5.25 Å². The van der Waals surface area contributed by atoms with Crippen LogP contribution in [0.25, 0.3) is 0 Å². The number of rotatable bonds is 7. The summed E-state index contributed by atoms with van der Waals surface area (Å²) in [5.41, 5.74) is 0. The fourth-order valence-corrected chi connectivity index (χ4v) is 5.71. The Morgan fingerprint density at radius 1 is 1.05 bits per heavy atom. The summed E-state index contributed by atoms with van der Waals surface area (Å²) >= 11 is 0. The Labute approximate surface area is 133 Å². The van der Waals surface area contributed by atoms with E-state index in [1.165, 1.54) is 4.90 Å². The minimum Gasteiger partial charge on any atom is -0.281 e. The predicted molar refractivity (Wildman–Crippen MR) is 85.1 cm³/mol. The van der Waals surface area contributed by atoms with Gasteiger partial charge in [-0.2, -0.15) is 0 Å². The van der Waals surface area contributed by atoms with Gasteiger partial charge in [0.2, 0.25) is 11.8 Å². The van der Waals surface area contributed by atoms with Crippen molar-refractivity contribution in [2.45, 2.75) is 81.6 Å². The molecule has 0 spiro atoms. The Balaban J connectivity index is 2.00. The number of amides is 2. The lowest BCUT2D eigenvalue weighted by molar-refractivity contribution is -0.138. The molecule has 0 N–H and O–H groups in total. The van der Waals surface area contributed by atoms with Gasteiger partial charge in [0.15, 0.2) is 9.84 Å². The minimum atomic E-state index is -3.52. The van der Waals surface area contributed by atoms with Gasteiger partial charge in [0.25, 0.3) is 0 Å². The molecule has 0 bridgehead atoms. The zero-order valence-corrected chi connectivity index (χ0v) is 14.2. The largest absolute Gasteiger partial charge is 0.281 e. The van der Waals surface area contributed by atoms with Crippen LogP contribution in [0.15, 0.2) is 0 Å². The Kier molecular flexibility index (Phi) is 6.01. The SMILES string of the molecule is CCCCCCN1C(=O)CC(S(=O)(=O)C2CCCCC2)C1=O. The van der Waals surface area contributed by atoms with Gasteiger partial charge in [-0.25, -0.2) is 8.42 Å². The average molecular weight is 329 g/mol. The molecule has 5 nitrogen and oxygen atoms in total. The lowest BCUT2D eigenvalue weighted by Crippen LogP contribution is -2.40. The van der Waals surface area contributed by atoms with E-state index in [4.69, 9.17) is 0 Å². The molecule has 1 heterocycles. The van der Waals surface area contributed by atoms with Crippen LogP contribution in [0.3, 0.4) is 0 Å². The van der Waals surface area contributed by atoms with Crippen molar-refractivity contribution < 1.29 is 18.0 Å². The van der Waals surface area contributed by atoms with Gasteiger partial charge in [0, 0.05) is 6.54 Å². The van der Waals surface area contributed by atoms with Crippen LogP contribution < -0.4 is 0 Å². The summed E-state index contributed by atoms with van der Waals surface area (Å²) in [4.78, 5) is 25.6. The van der Waals surface area contributed by atoms with E-state index >= 15 is 0 Å². The van der Waals surface area contributed by atoms with E-state index in [-0.39, 0.29) is 12.3 Å². The third-order valence-electron chi connectivity index (χ3n) is 4.85. The lowest BCUT2D eigenvalue weighted by atomic mass is 10.0. The molecule has 2 aliphatic rings. The van der Waals surface area contributed by atoms with Crippen LogP contribution in [0.4, 0.5) is 0 Å². The standard InChI is InChI=1S/C16H27NO4S/c1-2-3-4-8-11-17-15(18)12-14(16(17)19)22(20,21)13-9-6-5-7-10-13/h13-14H,2-12H2,1H3. The molecule has 6 heteroatoms. The Bertz CT molecular complexity index is 508. The fraction of sp³-hybridized carbons (Fsp3) is 0.875. The van der Waals surface area contributed by atoms with E-state index in [2.05, 4.69) is 6.92 Å². The van der Waals surface area contributed by atoms with Gasteiger partial charge in [-0.3, -0.25) is 14.5 Å². The predicted octanol–water partition coefficient (Wildman–Crippen LogP) is 2.44. The maximum atomic E-state index is 12.7. The number of nitrogens with zero attached hydrogens (tertiary/aromatic N) is 1. The molecule has 126 valence electrons. The highest BCUT2D eigenvalue weighted by Gasteiger charge is 2.48. The summed E-state index contributed by atoms with van der Waals surface area (Å²) in [7, 11) is -3.52. The van der Waals surface area contributed by atoms with Crippen LogP contribution in [-0.2, 0) is 19.4 Å². The summed E-state index contributed by atoms with van der Waals surface area (Å²) in [6, 6.07) is 0. The van der Waals surface area contributed by atoms with Gasteiger partial charge in [-0.05, 0) is 19.3 Å². The van der Waals surface area contributed by atoms with Crippen molar-refractivity contribution in [3.8, 4) is 0 Å². The van der Waals surface area contributed by atoms with Gasteiger partial charge in [0.05, 0.1) is 11.7 Å². The highest BCUT2D eigenvalue weighted by atomic mass is 32.2. The molecule has 1 saturated carbocycles. The zero-order valence-electron chi connectivity index (χ0n) is 13.4. The number of carbonyl (C=O) groups excluding carboxylic acids is 2. The maximum Gasteiger partial charge on any atom is 0.248 e. The van der Waals surface area contributed by atoms with Crippen LogP contribution >= 0.6 is 0 Å². The summed E-state index contributed by atoms with van der Waals surface area (Å²) < 4.78 is 25.3. The molecule has 1 aliphatic carbocycles. The third-order valence-corrected chi connectivity index (χ3v) is 7.41. The van der Waals surface area contributed by atoms with Crippen LogP contribution in [0.1, 0.15) is 71.1 Å².